The van der Waals surface area contributed by atoms with E-state index >= 15 is 0 Å². The van der Waals surface area contributed by atoms with Gasteiger partial charge in [0.25, 0.3) is 0 Å². The molecule has 19 heteroatoms. The maximum Gasteiger partial charge on any atom is 0.472 e. The lowest BCUT2D eigenvalue weighted by Gasteiger charge is -2.21. The minimum absolute atomic E-state index is 0.104. The van der Waals surface area contributed by atoms with Crippen molar-refractivity contribution in [2.45, 2.75) is 393 Å². The van der Waals surface area contributed by atoms with Crippen LogP contribution < -0.4 is 0 Å². The van der Waals surface area contributed by atoms with Crippen molar-refractivity contribution in [1.82, 2.24) is 0 Å². The Bertz CT molecular complexity index is 1720. The van der Waals surface area contributed by atoms with Crippen LogP contribution in [0.4, 0.5) is 0 Å². The topological polar surface area (TPSA) is 237 Å². The fourth-order valence-electron chi connectivity index (χ4n) is 10.9. The highest BCUT2D eigenvalue weighted by atomic mass is 31.2. The monoisotopic (exact) mass is 1320 g/mol. The standard InChI is InChI=1S/C71H138O17P2/c1-5-9-13-17-20-23-25-27-29-31-33-35-37-39-41-43-46-50-54-58-71(76)88-67(62-82-69(74)56-52-48-45-42-40-38-36-34-32-30-28-26-24-21-18-14-10-6-2)64-86-90(79,80)84-60-65(72)59-83-89(77,78)85-63-66(61-81-68(73)55-51-47-16-12-8-4)87-70(75)57-53-49-44-22-19-15-11-7-3/h65-67,72H,5-64H2,1-4H3,(H,77,78)(H,79,80)/t65-,66+,67+/m0/s1. The summed E-state index contributed by atoms with van der Waals surface area (Å²) < 4.78 is 68.0. The van der Waals surface area contributed by atoms with Gasteiger partial charge in [-0.3, -0.25) is 37.3 Å². The molecule has 5 atom stereocenters. The van der Waals surface area contributed by atoms with E-state index in [4.69, 9.17) is 37.0 Å². The van der Waals surface area contributed by atoms with E-state index in [1.54, 1.807) is 0 Å². The number of aliphatic hydroxyl groups is 1. The summed E-state index contributed by atoms with van der Waals surface area (Å²) in [6.07, 6.45) is 54.8. The summed E-state index contributed by atoms with van der Waals surface area (Å²) in [5.74, 6) is -2.13. The van der Waals surface area contributed by atoms with Crippen LogP contribution in [0.3, 0.4) is 0 Å². The van der Waals surface area contributed by atoms with Crippen LogP contribution in [-0.4, -0.2) is 96.7 Å². The highest BCUT2D eigenvalue weighted by Crippen LogP contribution is 2.45. The summed E-state index contributed by atoms with van der Waals surface area (Å²) in [7, 11) is -9.88. The first-order valence-electron chi connectivity index (χ1n) is 37.3. The highest BCUT2D eigenvalue weighted by Gasteiger charge is 2.30. The summed E-state index contributed by atoms with van der Waals surface area (Å²) >= 11 is 0. The molecule has 2 unspecified atom stereocenters. The van der Waals surface area contributed by atoms with Crippen LogP contribution >= 0.6 is 15.6 Å². The van der Waals surface area contributed by atoms with E-state index in [2.05, 4.69) is 27.7 Å². The van der Waals surface area contributed by atoms with Gasteiger partial charge in [-0.05, 0) is 25.7 Å². The van der Waals surface area contributed by atoms with Crippen molar-refractivity contribution < 1.29 is 80.2 Å². The number of rotatable bonds is 72. The van der Waals surface area contributed by atoms with E-state index < -0.39 is 97.5 Å². The molecule has 0 aromatic carbocycles. The van der Waals surface area contributed by atoms with Gasteiger partial charge in [-0.2, -0.15) is 0 Å². The SMILES string of the molecule is CCCCCCCCCCCCCCCCCCCCCC(=O)O[C@H](COC(=O)CCCCCCCCCCCCCCCCCCCC)COP(=O)(O)OC[C@@H](O)COP(=O)(O)OC[C@@H](COC(=O)CCCCCCC)OC(=O)CCCCCCCCCC. The zero-order chi connectivity index (χ0) is 66.1. The molecule has 0 heterocycles. The minimum Gasteiger partial charge on any atom is -0.462 e. The Morgan fingerprint density at radius 2 is 0.444 bits per heavy atom. The summed E-state index contributed by atoms with van der Waals surface area (Å²) in [5, 5.41) is 10.5. The van der Waals surface area contributed by atoms with Crippen molar-refractivity contribution >= 4 is 39.5 Å². The molecule has 17 nitrogen and oxygen atoms in total. The predicted octanol–water partition coefficient (Wildman–Crippen LogP) is 20.7. The van der Waals surface area contributed by atoms with Gasteiger partial charge in [0.05, 0.1) is 26.4 Å². The molecule has 90 heavy (non-hydrogen) atoms. The second-order valence-corrected chi connectivity index (χ2v) is 28.5. The van der Waals surface area contributed by atoms with Gasteiger partial charge in [0, 0.05) is 25.7 Å². The van der Waals surface area contributed by atoms with Crippen molar-refractivity contribution in [3.05, 3.63) is 0 Å². The van der Waals surface area contributed by atoms with E-state index in [9.17, 15) is 43.2 Å². The Hall–Kier alpha value is -1.94. The van der Waals surface area contributed by atoms with Crippen LogP contribution in [-0.2, 0) is 65.4 Å². The van der Waals surface area contributed by atoms with Crippen LogP contribution in [0.1, 0.15) is 374 Å². The average Bonchev–Trinajstić information content (AvgIpc) is 3.19. The van der Waals surface area contributed by atoms with E-state index in [-0.39, 0.29) is 25.7 Å². The maximum absolute atomic E-state index is 13.0. The zero-order valence-corrected chi connectivity index (χ0v) is 59.9. The van der Waals surface area contributed by atoms with Gasteiger partial charge in [-0.25, -0.2) is 9.13 Å². The number of phosphoric ester groups is 2. The molecule has 0 saturated carbocycles. The first kappa shape index (κ1) is 88.1. The third kappa shape index (κ3) is 64.8. The molecular formula is C71H138O17P2. The number of phosphoric acid groups is 2. The first-order valence-corrected chi connectivity index (χ1v) is 40.3. The zero-order valence-electron chi connectivity index (χ0n) is 58.1. The van der Waals surface area contributed by atoms with E-state index in [0.717, 1.165) is 103 Å². The molecule has 0 saturated heterocycles. The Morgan fingerprint density at radius 1 is 0.267 bits per heavy atom. The molecule has 0 amide bonds. The first-order chi connectivity index (χ1) is 43.7. The van der Waals surface area contributed by atoms with Crippen molar-refractivity contribution in [2.75, 3.05) is 39.6 Å². The summed E-state index contributed by atoms with van der Waals surface area (Å²) in [6, 6.07) is 0. The lowest BCUT2D eigenvalue weighted by Crippen LogP contribution is -2.30. The number of hydrogen-bond acceptors (Lipinski definition) is 15. The Balaban J connectivity index is 5.10. The number of carbonyl (C=O) groups excluding carboxylic acids is 4. The number of aliphatic hydroxyl groups excluding tert-OH is 1. The quantitative estimate of drug-likeness (QED) is 0.0222. The second-order valence-electron chi connectivity index (χ2n) is 25.6. The number of hydrogen-bond donors (Lipinski definition) is 3. The Morgan fingerprint density at radius 3 is 0.656 bits per heavy atom. The third-order valence-corrected chi connectivity index (χ3v) is 18.5. The summed E-state index contributed by atoms with van der Waals surface area (Å²) in [4.78, 5) is 72.2. The average molecular weight is 1330 g/mol. The number of ether oxygens (including phenoxy) is 4. The van der Waals surface area contributed by atoms with Crippen molar-refractivity contribution in [3.8, 4) is 0 Å². The molecule has 0 bridgehead atoms. The van der Waals surface area contributed by atoms with E-state index in [0.29, 0.717) is 25.7 Å². The molecule has 0 fully saturated rings. The maximum atomic E-state index is 13.0. The predicted molar refractivity (Wildman–Crippen MR) is 363 cm³/mol. The molecule has 0 rings (SSSR count). The van der Waals surface area contributed by atoms with Gasteiger partial charge in [-0.1, -0.05) is 323 Å². The van der Waals surface area contributed by atoms with Gasteiger partial charge < -0.3 is 33.8 Å². The summed E-state index contributed by atoms with van der Waals surface area (Å²) in [6.45, 7) is 4.83. The molecule has 0 aliphatic heterocycles. The number of carbonyl (C=O) groups is 4. The lowest BCUT2D eigenvalue weighted by molar-refractivity contribution is -0.161. The van der Waals surface area contributed by atoms with Gasteiger partial charge in [0.15, 0.2) is 12.2 Å². The minimum atomic E-state index is -4.95. The number of unbranched alkanes of at least 4 members (excludes halogenated alkanes) is 46. The largest absolute Gasteiger partial charge is 0.472 e. The fraction of sp³-hybridized carbons (Fsp3) is 0.944. The van der Waals surface area contributed by atoms with Crippen molar-refractivity contribution in [2.24, 2.45) is 0 Å². The smallest absolute Gasteiger partial charge is 0.462 e. The molecule has 0 radical (unpaired) electrons. The Kier molecular flexibility index (Phi) is 64.3. The number of esters is 4. The molecule has 3 N–H and O–H groups in total. The van der Waals surface area contributed by atoms with Crippen LogP contribution in [0, 0.1) is 0 Å². The molecule has 0 aliphatic carbocycles. The van der Waals surface area contributed by atoms with Gasteiger partial charge >= 0.3 is 39.5 Å². The molecule has 0 aliphatic rings. The van der Waals surface area contributed by atoms with Crippen LogP contribution in [0.25, 0.3) is 0 Å². The molecular weight excluding hydrogens is 1190 g/mol. The van der Waals surface area contributed by atoms with Gasteiger partial charge in [-0.15, -0.1) is 0 Å². The normalized spacial score (nSPS) is 14.0. The van der Waals surface area contributed by atoms with Crippen molar-refractivity contribution in [1.29, 1.82) is 0 Å². The van der Waals surface area contributed by atoms with Crippen LogP contribution in [0.5, 0.6) is 0 Å². The molecule has 0 spiro atoms. The van der Waals surface area contributed by atoms with E-state index in [1.165, 1.54) is 193 Å². The second kappa shape index (κ2) is 65.7. The molecule has 0 aromatic rings. The fourth-order valence-corrected chi connectivity index (χ4v) is 12.4. The highest BCUT2D eigenvalue weighted by molar-refractivity contribution is 7.47. The lowest BCUT2D eigenvalue weighted by atomic mass is 10.0. The van der Waals surface area contributed by atoms with Crippen LogP contribution in [0.2, 0.25) is 0 Å². The van der Waals surface area contributed by atoms with Crippen LogP contribution in [0.15, 0.2) is 0 Å². The summed E-state index contributed by atoms with van der Waals surface area (Å²) in [5.41, 5.74) is 0. The third-order valence-electron chi connectivity index (χ3n) is 16.6. The van der Waals surface area contributed by atoms with Gasteiger partial charge in [0.2, 0.25) is 0 Å². The van der Waals surface area contributed by atoms with Gasteiger partial charge in [0.1, 0.15) is 19.3 Å². The van der Waals surface area contributed by atoms with Crippen molar-refractivity contribution in [3.63, 3.8) is 0 Å². The molecule has 534 valence electrons. The molecule has 0 aromatic heterocycles. The Labute approximate surface area is 549 Å². The van der Waals surface area contributed by atoms with E-state index in [1.807, 2.05) is 0 Å².